The Hall–Kier alpha value is -1.72. The van der Waals surface area contributed by atoms with E-state index in [4.69, 9.17) is 19.5 Å². The third-order valence-corrected chi connectivity index (χ3v) is 4.63. The van der Waals surface area contributed by atoms with Gasteiger partial charge in [0.05, 0.1) is 25.3 Å². The molecule has 3 heterocycles. The zero-order valence-electron chi connectivity index (χ0n) is 13.3. The molecule has 0 unspecified atom stereocenters. The molecule has 2 fully saturated rings. The van der Waals surface area contributed by atoms with Gasteiger partial charge in [-0.15, -0.1) is 0 Å². The summed E-state index contributed by atoms with van der Waals surface area (Å²) in [4.78, 5) is 9.49. The normalized spacial score (nSPS) is 30.1. The van der Waals surface area contributed by atoms with Crippen LogP contribution in [0.3, 0.4) is 0 Å². The molecular weight excluding hydrogens is 290 g/mol. The van der Waals surface area contributed by atoms with Gasteiger partial charge in [-0.05, 0) is 25.7 Å². The highest BCUT2D eigenvalue weighted by molar-refractivity contribution is 6.25. The maximum Gasteiger partial charge on any atom is 0.134 e. The van der Waals surface area contributed by atoms with Crippen molar-refractivity contribution in [2.75, 3.05) is 26.3 Å². The molecule has 0 spiro atoms. The van der Waals surface area contributed by atoms with Gasteiger partial charge in [-0.25, -0.2) is 0 Å². The predicted octanol–water partition coefficient (Wildman–Crippen LogP) is 2.14. The van der Waals surface area contributed by atoms with E-state index in [2.05, 4.69) is 17.4 Å². The van der Waals surface area contributed by atoms with Crippen molar-refractivity contribution in [2.45, 2.75) is 37.9 Å². The van der Waals surface area contributed by atoms with Crippen LogP contribution in [0.25, 0.3) is 0 Å². The highest BCUT2D eigenvalue weighted by Gasteiger charge is 2.24. The van der Waals surface area contributed by atoms with Gasteiger partial charge in [0, 0.05) is 24.3 Å². The summed E-state index contributed by atoms with van der Waals surface area (Å²) in [7, 11) is 0. The molecule has 0 bridgehead atoms. The molecule has 5 heteroatoms. The Kier molecular flexibility index (Phi) is 4.39. The Bertz CT molecular complexity index is 561. The van der Waals surface area contributed by atoms with Gasteiger partial charge in [-0.2, -0.15) is 0 Å². The minimum Gasteiger partial charge on any atom is -0.376 e. The number of hydrogen-bond donors (Lipinski definition) is 1. The van der Waals surface area contributed by atoms with E-state index < -0.39 is 0 Å². The summed E-state index contributed by atoms with van der Waals surface area (Å²) in [5.74, 6) is 1.84. The fraction of sp³-hybridized carbons (Fsp3) is 0.556. The highest BCUT2D eigenvalue weighted by Crippen LogP contribution is 2.19. The molecule has 4 rings (SSSR count). The van der Waals surface area contributed by atoms with E-state index in [1.807, 2.05) is 12.1 Å². The monoisotopic (exact) mass is 313 g/mol. The lowest BCUT2D eigenvalue weighted by Gasteiger charge is -2.07. The average molecular weight is 313 g/mol. The van der Waals surface area contributed by atoms with Crippen LogP contribution < -0.4 is 5.32 Å². The highest BCUT2D eigenvalue weighted by atomic mass is 16.5. The van der Waals surface area contributed by atoms with Gasteiger partial charge in [0.2, 0.25) is 0 Å². The summed E-state index contributed by atoms with van der Waals surface area (Å²) in [6, 6.07) is 8.30. The number of ether oxygens (including phenoxy) is 2. The Morgan fingerprint density at radius 1 is 0.870 bits per heavy atom. The first-order valence-corrected chi connectivity index (χ1v) is 8.59. The zero-order valence-corrected chi connectivity index (χ0v) is 13.3. The second-order valence-electron chi connectivity index (χ2n) is 6.32. The summed E-state index contributed by atoms with van der Waals surface area (Å²) in [5, 5.41) is 3.39. The number of hydrogen-bond acceptors (Lipinski definition) is 4. The number of rotatable bonds is 4. The van der Waals surface area contributed by atoms with Gasteiger partial charge in [0.1, 0.15) is 11.7 Å². The molecule has 1 N–H and O–H groups in total. The number of amidine groups is 2. The van der Waals surface area contributed by atoms with E-state index >= 15 is 0 Å². The Morgan fingerprint density at radius 3 is 1.83 bits per heavy atom. The smallest absolute Gasteiger partial charge is 0.134 e. The zero-order chi connectivity index (χ0) is 15.5. The molecule has 0 amide bonds. The molecule has 0 aromatic heterocycles. The number of aliphatic imine (C=N–C) groups is 2. The van der Waals surface area contributed by atoms with Crippen LogP contribution in [0, 0.1) is 0 Å². The average Bonchev–Trinajstić information content (AvgIpc) is 3.32. The quantitative estimate of drug-likeness (QED) is 0.926. The first-order valence-electron chi connectivity index (χ1n) is 8.59. The second-order valence-corrected chi connectivity index (χ2v) is 6.32. The minimum absolute atomic E-state index is 0.268. The molecule has 1 aromatic carbocycles. The van der Waals surface area contributed by atoms with Crippen LogP contribution in [0.1, 0.15) is 36.8 Å². The van der Waals surface area contributed by atoms with E-state index in [1.165, 1.54) is 0 Å². The summed E-state index contributed by atoms with van der Waals surface area (Å²) < 4.78 is 11.3. The SMILES string of the molecule is c1ccc2c(c1)C(=NC[C@H]1CCCO1)NC2=NC[C@H]1CCCO1. The third kappa shape index (κ3) is 3.31. The van der Waals surface area contributed by atoms with Crippen LogP contribution in [-0.2, 0) is 9.47 Å². The largest absolute Gasteiger partial charge is 0.376 e. The lowest BCUT2D eigenvalue weighted by molar-refractivity contribution is 0.118. The van der Waals surface area contributed by atoms with E-state index in [0.717, 1.165) is 74.8 Å². The van der Waals surface area contributed by atoms with Gasteiger partial charge in [-0.3, -0.25) is 9.98 Å². The van der Waals surface area contributed by atoms with Gasteiger partial charge in [0.15, 0.2) is 0 Å². The number of fused-ring (bicyclic) bond motifs is 1. The maximum absolute atomic E-state index is 5.66. The lowest BCUT2D eigenvalue weighted by Crippen LogP contribution is -2.25. The van der Waals surface area contributed by atoms with E-state index in [-0.39, 0.29) is 12.2 Å². The molecule has 3 aliphatic heterocycles. The molecule has 23 heavy (non-hydrogen) atoms. The fourth-order valence-corrected chi connectivity index (χ4v) is 3.36. The minimum atomic E-state index is 0.268. The standard InChI is InChI=1S/C18H23N3O2/c1-2-8-16-15(7-1)17(19-11-13-5-3-9-22-13)21-18(16)20-12-14-6-4-10-23-14/h1-2,7-8,13-14H,3-6,9-12H2,(H,19,20,21)/t13-,14-/m1/s1. The van der Waals surface area contributed by atoms with Crippen molar-refractivity contribution in [3.63, 3.8) is 0 Å². The molecule has 2 atom stereocenters. The lowest BCUT2D eigenvalue weighted by atomic mass is 10.1. The summed E-state index contributed by atoms with van der Waals surface area (Å²) >= 11 is 0. The van der Waals surface area contributed by atoms with E-state index in [9.17, 15) is 0 Å². The van der Waals surface area contributed by atoms with Crippen LogP contribution >= 0.6 is 0 Å². The van der Waals surface area contributed by atoms with Crippen molar-refractivity contribution < 1.29 is 9.47 Å². The molecule has 5 nitrogen and oxygen atoms in total. The van der Waals surface area contributed by atoms with Gasteiger partial charge in [0.25, 0.3) is 0 Å². The van der Waals surface area contributed by atoms with Crippen molar-refractivity contribution in [1.82, 2.24) is 5.32 Å². The van der Waals surface area contributed by atoms with Crippen molar-refractivity contribution in [2.24, 2.45) is 9.98 Å². The number of nitrogens with one attached hydrogen (secondary N) is 1. The number of benzene rings is 1. The van der Waals surface area contributed by atoms with Gasteiger partial charge >= 0.3 is 0 Å². The Labute approximate surface area is 136 Å². The topological polar surface area (TPSA) is 55.2 Å². The van der Waals surface area contributed by atoms with E-state index in [1.54, 1.807) is 0 Å². The Balaban J connectivity index is 1.51. The van der Waals surface area contributed by atoms with Crippen LogP contribution in [0.2, 0.25) is 0 Å². The number of nitrogens with zero attached hydrogens (tertiary/aromatic N) is 2. The summed E-state index contributed by atoms with van der Waals surface area (Å²) in [6.45, 7) is 3.17. The molecular formula is C18H23N3O2. The Morgan fingerprint density at radius 2 is 1.39 bits per heavy atom. The first-order chi connectivity index (χ1) is 11.4. The van der Waals surface area contributed by atoms with Crippen molar-refractivity contribution in [1.29, 1.82) is 0 Å². The first kappa shape index (κ1) is 14.8. The van der Waals surface area contributed by atoms with Gasteiger partial charge in [-0.1, -0.05) is 24.3 Å². The van der Waals surface area contributed by atoms with Crippen LogP contribution in [0.15, 0.2) is 34.3 Å². The third-order valence-electron chi connectivity index (χ3n) is 4.63. The maximum atomic E-state index is 5.66. The molecule has 2 saturated heterocycles. The van der Waals surface area contributed by atoms with Crippen LogP contribution in [0.5, 0.6) is 0 Å². The van der Waals surface area contributed by atoms with Gasteiger partial charge < -0.3 is 14.8 Å². The summed E-state index contributed by atoms with van der Waals surface area (Å²) in [6.07, 6.45) is 5.05. The second kappa shape index (κ2) is 6.81. The van der Waals surface area contributed by atoms with Crippen molar-refractivity contribution in [3.05, 3.63) is 35.4 Å². The molecule has 0 radical (unpaired) electrons. The molecule has 1 aromatic rings. The van der Waals surface area contributed by atoms with Crippen LogP contribution in [-0.4, -0.2) is 50.2 Å². The van der Waals surface area contributed by atoms with E-state index in [0.29, 0.717) is 0 Å². The molecule has 3 aliphatic rings. The molecule has 0 saturated carbocycles. The summed E-state index contributed by atoms with van der Waals surface area (Å²) in [5.41, 5.74) is 2.27. The molecule has 0 aliphatic carbocycles. The van der Waals surface area contributed by atoms with Crippen molar-refractivity contribution in [3.8, 4) is 0 Å². The van der Waals surface area contributed by atoms with Crippen LogP contribution in [0.4, 0.5) is 0 Å². The molecule has 122 valence electrons. The van der Waals surface area contributed by atoms with Crippen molar-refractivity contribution >= 4 is 11.7 Å². The fourth-order valence-electron chi connectivity index (χ4n) is 3.36. The predicted molar refractivity (Wildman–Crippen MR) is 90.3 cm³/mol.